The monoisotopic (exact) mass is 385 g/mol. The first kappa shape index (κ1) is 18.6. The molecule has 1 spiro atoms. The van der Waals surface area contributed by atoms with Crippen LogP contribution in [0.2, 0.25) is 0 Å². The van der Waals surface area contributed by atoms with Crippen molar-refractivity contribution >= 4 is 17.5 Å². The van der Waals surface area contributed by atoms with Gasteiger partial charge in [-0.05, 0) is 55.9 Å². The van der Waals surface area contributed by atoms with E-state index in [1.807, 2.05) is 11.9 Å². The van der Waals surface area contributed by atoms with Gasteiger partial charge in [-0.25, -0.2) is 8.78 Å². The van der Waals surface area contributed by atoms with Crippen LogP contribution in [0.4, 0.5) is 14.5 Å². The molecule has 2 aliphatic heterocycles. The van der Waals surface area contributed by atoms with Crippen molar-refractivity contribution in [3.63, 3.8) is 0 Å². The second-order valence-electron chi connectivity index (χ2n) is 7.52. The van der Waals surface area contributed by atoms with Gasteiger partial charge in [-0.2, -0.15) is 0 Å². The van der Waals surface area contributed by atoms with Gasteiger partial charge in [0.05, 0.1) is 12.1 Å². The topological polar surface area (TPSA) is 43.9 Å². The van der Waals surface area contributed by atoms with Crippen LogP contribution in [0.25, 0.3) is 0 Å². The number of piperazine rings is 1. The Morgan fingerprint density at radius 3 is 2.50 bits per heavy atom. The van der Waals surface area contributed by atoms with E-state index in [-0.39, 0.29) is 24.2 Å². The van der Waals surface area contributed by atoms with Crippen LogP contribution in [0.3, 0.4) is 0 Å². The summed E-state index contributed by atoms with van der Waals surface area (Å²) in [5, 5.41) is 0. The predicted octanol–water partition coefficient (Wildman–Crippen LogP) is 2.53. The number of carbonyl (C=O) groups is 2. The van der Waals surface area contributed by atoms with E-state index in [2.05, 4.69) is 0 Å². The first-order valence-corrected chi connectivity index (χ1v) is 9.20. The number of amides is 2. The highest BCUT2D eigenvalue weighted by molar-refractivity contribution is 5.97. The van der Waals surface area contributed by atoms with Crippen molar-refractivity contribution in [1.29, 1.82) is 0 Å². The van der Waals surface area contributed by atoms with Gasteiger partial charge in [0.2, 0.25) is 5.91 Å². The minimum Gasteiger partial charge on any atom is -0.337 e. The molecule has 2 aromatic carbocycles. The summed E-state index contributed by atoms with van der Waals surface area (Å²) in [7, 11) is 1.88. The van der Waals surface area contributed by atoms with Gasteiger partial charge in [0.15, 0.2) is 0 Å². The van der Waals surface area contributed by atoms with Gasteiger partial charge in [0.25, 0.3) is 5.91 Å². The first-order valence-electron chi connectivity index (χ1n) is 9.20. The third-order valence-electron chi connectivity index (χ3n) is 5.77. The minimum atomic E-state index is -0.393. The molecule has 0 radical (unpaired) electrons. The number of hydrogen-bond acceptors (Lipinski definition) is 3. The Labute approximate surface area is 162 Å². The molecule has 0 bridgehead atoms. The number of carbonyl (C=O) groups excluding carboxylic acids is 2. The number of hydrogen-bond donors (Lipinski definition) is 0. The fraction of sp³-hybridized carbons (Fsp3) is 0.333. The molecule has 0 saturated carbocycles. The van der Waals surface area contributed by atoms with E-state index in [9.17, 15) is 18.4 Å². The lowest BCUT2D eigenvalue weighted by molar-refractivity contribution is -0.123. The average molecular weight is 385 g/mol. The maximum atomic E-state index is 13.7. The van der Waals surface area contributed by atoms with E-state index >= 15 is 0 Å². The summed E-state index contributed by atoms with van der Waals surface area (Å²) in [6.07, 6.45) is 0.704. The predicted molar refractivity (Wildman–Crippen MR) is 101 cm³/mol. The zero-order valence-corrected chi connectivity index (χ0v) is 15.6. The van der Waals surface area contributed by atoms with Gasteiger partial charge in [0.1, 0.15) is 11.6 Å². The van der Waals surface area contributed by atoms with Gasteiger partial charge in [-0.15, -0.1) is 0 Å². The van der Waals surface area contributed by atoms with Gasteiger partial charge in [-0.3, -0.25) is 14.5 Å². The normalized spacial score (nSPS) is 22.9. The van der Waals surface area contributed by atoms with E-state index < -0.39 is 11.4 Å². The first-order chi connectivity index (χ1) is 13.4. The van der Waals surface area contributed by atoms with Crippen molar-refractivity contribution in [2.24, 2.45) is 0 Å². The van der Waals surface area contributed by atoms with Crippen molar-refractivity contribution < 1.29 is 18.4 Å². The molecule has 0 unspecified atom stereocenters. The van der Waals surface area contributed by atoms with Gasteiger partial charge in [0, 0.05) is 30.9 Å². The van der Waals surface area contributed by atoms with E-state index in [1.54, 1.807) is 21.9 Å². The molecule has 0 aliphatic carbocycles. The van der Waals surface area contributed by atoms with Crippen LogP contribution in [-0.4, -0.2) is 60.4 Å². The molecule has 5 nitrogen and oxygen atoms in total. The largest absolute Gasteiger partial charge is 0.337 e. The fourth-order valence-corrected chi connectivity index (χ4v) is 4.08. The molecule has 2 saturated heterocycles. The second-order valence-corrected chi connectivity index (χ2v) is 7.52. The zero-order chi connectivity index (χ0) is 19.9. The summed E-state index contributed by atoms with van der Waals surface area (Å²) in [5.41, 5.74) is 0.575. The van der Waals surface area contributed by atoms with E-state index in [4.69, 9.17) is 0 Å². The Morgan fingerprint density at radius 2 is 1.79 bits per heavy atom. The Hall–Kier alpha value is -2.80. The molecule has 2 amide bonds. The number of likely N-dealkylation sites (N-methyl/N-ethyl adjacent to an activating group) is 1. The summed E-state index contributed by atoms with van der Waals surface area (Å²) >= 11 is 0. The SMILES string of the molecule is CN1CC(=O)N(c2cccc(F)c2)C[C@@]12CCN(C(=O)c1ccc(F)cc1)C2. The van der Waals surface area contributed by atoms with Gasteiger partial charge >= 0.3 is 0 Å². The van der Waals surface area contributed by atoms with E-state index in [1.165, 1.54) is 36.4 Å². The number of anilines is 1. The van der Waals surface area contributed by atoms with Crippen LogP contribution in [0.15, 0.2) is 48.5 Å². The number of rotatable bonds is 2. The molecular weight excluding hydrogens is 364 g/mol. The van der Waals surface area contributed by atoms with Gasteiger partial charge in [-0.1, -0.05) is 6.07 Å². The van der Waals surface area contributed by atoms with Crippen molar-refractivity contribution in [1.82, 2.24) is 9.80 Å². The van der Waals surface area contributed by atoms with E-state index in [0.29, 0.717) is 37.3 Å². The molecular formula is C21H21F2N3O2. The summed E-state index contributed by atoms with van der Waals surface area (Å²) in [6, 6.07) is 11.5. The highest BCUT2D eigenvalue weighted by Gasteiger charge is 2.48. The summed E-state index contributed by atoms with van der Waals surface area (Å²) in [5.74, 6) is -1.02. The fourth-order valence-electron chi connectivity index (χ4n) is 4.08. The molecule has 28 heavy (non-hydrogen) atoms. The summed E-state index contributed by atoms with van der Waals surface area (Å²) in [4.78, 5) is 30.7. The van der Waals surface area contributed by atoms with Crippen LogP contribution in [0, 0.1) is 11.6 Å². The average Bonchev–Trinajstić information content (AvgIpc) is 3.10. The Kier molecular flexibility index (Phi) is 4.63. The highest BCUT2D eigenvalue weighted by atomic mass is 19.1. The molecule has 2 heterocycles. The number of benzene rings is 2. The maximum Gasteiger partial charge on any atom is 0.253 e. The van der Waals surface area contributed by atoms with Crippen molar-refractivity contribution in [2.45, 2.75) is 12.0 Å². The standard InChI is InChI=1S/C21H21F2N3O2/c1-24-12-19(27)26(18-4-2-3-17(23)11-18)14-21(24)9-10-25(13-21)20(28)15-5-7-16(22)8-6-15/h2-8,11H,9-10,12-14H2,1H3/t21-/m0/s1. The molecule has 146 valence electrons. The summed E-state index contributed by atoms with van der Waals surface area (Å²) in [6.45, 7) is 1.60. The van der Waals surface area contributed by atoms with Crippen molar-refractivity contribution in [2.75, 3.05) is 38.1 Å². The number of nitrogens with zero attached hydrogens (tertiary/aromatic N) is 3. The maximum absolute atomic E-state index is 13.7. The van der Waals surface area contributed by atoms with Crippen LogP contribution >= 0.6 is 0 Å². The van der Waals surface area contributed by atoms with Gasteiger partial charge < -0.3 is 9.80 Å². The van der Waals surface area contributed by atoms with E-state index in [0.717, 1.165) is 0 Å². The third-order valence-corrected chi connectivity index (χ3v) is 5.77. The summed E-state index contributed by atoms with van der Waals surface area (Å²) < 4.78 is 26.8. The molecule has 0 aromatic heterocycles. The molecule has 4 rings (SSSR count). The lowest BCUT2D eigenvalue weighted by Crippen LogP contribution is -2.64. The molecule has 2 fully saturated rings. The van der Waals surface area contributed by atoms with Crippen molar-refractivity contribution in [3.05, 3.63) is 65.7 Å². The molecule has 0 N–H and O–H groups in total. The zero-order valence-electron chi connectivity index (χ0n) is 15.6. The number of likely N-dealkylation sites (tertiary alicyclic amines) is 1. The van der Waals surface area contributed by atoms with Crippen LogP contribution < -0.4 is 4.90 Å². The van der Waals surface area contributed by atoms with Crippen LogP contribution in [0.5, 0.6) is 0 Å². The molecule has 2 aromatic rings. The second kappa shape index (κ2) is 6.98. The van der Waals surface area contributed by atoms with Crippen LogP contribution in [0.1, 0.15) is 16.8 Å². The molecule has 1 atom stereocenters. The molecule has 7 heteroatoms. The smallest absolute Gasteiger partial charge is 0.253 e. The minimum absolute atomic E-state index is 0.0953. The Bertz CT molecular complexity index is 918. The Balaban J connectivity index is 1.56. The lowest BCUT2D eigenvalue weighted by Gasteiger charge is -2.46. The molecule has 2 aliphatic rings. The number of halogens is 2. The third kappa shape index (κ3) is 3.26. The Morgan fingerprint density at radius 1 is 1.04 bits per heavy atom. The lowest BCUT2D eigenvalue weighted by atomic mass is 9.92. The highest BCUT2D eigenvalue weighted by Crippen LogP contribution is 2.34. The van der Waals surface area contributed by atoms with Crippen LogP contribution in [-0.2, 0) is 4.79 Å². The van der Waals surface area contributed by atoms with Crippen molar-refractivity contribution in [3.8, 4) is 0 Å². The quantitative estimate of drug-likeness (QED) is 0.798.